The van der Waals surface area contributed by atoms with Crippen LogP contribution in [-0.2, 0) is 0 Å². The van der Waals surface area contributed by atoms with Gasteiger partial charge in [-0.1, -0.05) is 43.2 Å². The summed E-state index contributed by atoms with van der Waals surface area (Å²) in [6.45, 7) is 0. The normalized spacial score (nSPS) is 21.0. The lowest BCUT2D eigenvalue weighted by Gasteiger charge is -2.29. The van der Waals surface area contributed by atoms with E-state index in [1.807, 2.05) is 42.6 Å². The quantitative estimate of drug-likeness (QED) is 0.721. The Hall–Kier alpha value is -2.75. The fraction of sp³-hybridized carbons (Fsp3) is 0.286. The van der Waals surface area contributed by atoms with Gasteiger partial charge in [-0.3, -0.25) is 4.99 Å². The van der Waals surface area contributed by atoms with Crippen LogP contribution in [0.25, 0.3) is 6.08 Å². The molecule has 0 spiro atoms. The minimum absolute atomic E-state index is 0.183. The molecular weight excluding hydrogens is 312 g/mol. The number of rotatable bonds is 5. The highest BCUT2D eigenvalue weighted by atomic mass is 16.3. The molecule has 1 saturated carbocycles. The van der Waals surface area contributed by atoms with E-state index in [4.69, 9.17) is 4.99 Å². The first-order chi connectivity index (χ1) is 12.2. The summed E-state index contributed by atoms with van der Waals surface area (Å²) in [5.41, 5.74) is 1.54. The number of hydrogen-bond donors (Lipinski definition) is 3. The summed E-state index contributed by atoms with van der Waals surface area (Å²) in [7, 11) is 0. The Labute approximate surface area is 148 Å². The molecule has 0 aliphatic heterocycles. The lowest BCUT2D eigenvalue weighted by atomic mass is 9.91. The van der Waals surface area contributed by atoms with E-state index < -0.39 is 0 Å². The smallest absolute Gasteiger partial charge is 0.124 e. The van der Waals surface area contributed by atoms with Crippen LogP contribution in [0.5, 0.6) is 11.5 Å². The fourth-order valence-corrected chi connectivity index (χ4v) is 3.15. The van der Waals surface area contributed by atoms with Gasteiger partial charge < -0.3 is 15.5 Å². The molecule has 0 amide bonds. The summed E-state index contributed by atoms with van der Waals surface area (Å²) in [5, 5.41) is 23.1. The Morgan fingerprint density at radius 3 is 2.24 bits per heavy atom. The van der Waals surface area contributed by atoms with Crippen molar-refractivity contribution in [3.8, 4) is 11.5 Å². The van der Waals surface area contributed by atoms with Crippen molar-refractivity contribution in [3.05, 3.63) is 65.9 Å². The molecule has 25 heavy (non-hydrogen) atoms. The number of aliphatic imine (C=N–C) groups is 1. The molecule has 3 N–H and O–H groups in total. The first-order valence-electron chi connectivity index (χ1n) is 8.76. The first kappa shape index (κ1) is 17.1. The van der Waals surface area contributed by atoms with Crippen LogP contribution in [0.3, 0.4) is 0 Å². The minimum atomic E-state index is 0.183. The summed E-state index contributed by atoms with van der Waals surface area (Å²) in [6.07, 6.45) is 10.0. The van der Waals surface area contributed by atoms with E-state index in [9.17, 15) is 10.2 Å². The topological polar surface area (TPSA) is 64.9 Å². The number of hydrogen-bond acceptors (Lipinski definition) is 4. The molecule has 2 unspecified atom stereocenters. The molecule has 4 nitrogen and oxygen atoms in total. The number of phenols is 2. The lowest BCUT2D eigenvalue weighted by molar-refractivity contribution is 0.355. The number of nitrogens with one attached hydrogen (secondary N) is 1. The van der Waals surface area contributed by atoms with Crippen LogP contribution < -0.4 is 5.32 Å². The molecule has 0 radical (unpaired) electrons. The van der Waals surface area contributed by atoms with Gasteiger partial charge in [-0.15, -0.1) is 0 Å². The van der Waals surface area contributed by atoms with Crippen molar-refractivity contribution in [2.75, 3.05) is 0 Å². The molecule has 4 heteroatoms. The third kappa shape index (κ3) is 4.63. The summed E-state index contributed by atoms with van der Waals surface area (Å²) in [4.78, 5) is 4.71. The average Bonchev–Trinajstić information content (AvgIpc) is 2.64. The number of phenolic OH excluding ortho intramolecular Hbond substituents is 2. The van der Waals surface area contributed by atoms with E-state index in [1.165, 1.54) is 12.8 Å². The maximum absolute atomic E-state index is 9.86. The molecular formula is C21H24N2O2. The lowest BCUT2D eigenvalue weighted by Crippen LogP contribution is -2.38. The number of benzene rings is 2. The van der Waals surface area contributed by atoms with Crippen LogP contribution in [0.15, 0.2) is 59.7 Å². The van der Waals surface area contributed by atoms with E-state index in [-0.39, 0.29) is 23.6 Å². The van der Waals surface area contributed by atoms with Crippen molar-refractivity contribution in [2.45, 2.75) is 37.8 Å². The molecule has 1 aliphatic carbocycles. The van der Waals surface area contributed by atoms with Crippen molar-refractivity contribution in [2.24, 2.45) is 4.99 Å². The van der Waals surface area contributed by atoms with Crippen molar-refractivity contribution in [1.82, 2.24) is 5.32 Å². The van der Waals surface area contributed by atoms with Gasteiger partial charge in [0.05, 0.1) is 6.04 Å². The molecule has 130 valence electrons. The molecule has 2 aromatic carbocycles. The molecule has 0 bridgehead atoms. The van der Waals surface area contributed by atoms with Crippen LogP contribution >= 0.6 is 0 Å². The van der Waals surface area contributed by atoms with Gasteiger partial charge in [0.2, 0.25) is 0 Å². The Morgan fingerprint density at radius 2 is 1.52 bits per heavy atom. The number of aromatic hydroxyl groups is 2. The standard InChI is InChI=1S/C21H24N2O2/c24-20-11-5-1-7-16(20)13-14-22-18-9-3-4-10-19(18)23-15-17-8-2-6-12-21(17)25/h1-2,5-8,11-15,18-19,22,24-25H,3-4,9-10H2/b14-13+,23-15?. The minimum Gasteiger partial charge on any atom is -0.507 e. The molecule has 0 saturated heterocycles. The second-order valence-electron chi connectivity index (χ2n) is 6.35. The van der Waals surface area contributed by atoms with Crippen LogP contribution in [0, 0.1) is 0 Å². The Morgan fingerprint density at radius 1 is 0.880 bits per heavy atom. The number of nitrogens with zero attached hydrogens (tertiary/aromatic N) is 1. The molecule has 0 heterocycles. The van der Waals surface area contributed by atoms with E-state index >= 15 is 0 Å². The van der Waals surface area contributed by atoms with Gasteiger partial charge in [0.15, 0.2) is 0 Å². The predicted octanol–water partition coefficient (Wildman–Crippen LogP) is 4.09. The zero-order valence-electron chi connectivity index (χ0n) is 14.2. The van der Waals surface area contributed by atoms with Gasteiger partial charge in [-0.25, -0.2) is 0 Å². The Bertz CT molecular complexity index is 755. The Balaban J connectivity index is 1.65. The molecule has 3 rings (SSSR count). The SMILES string of the molecule is Oc1ccccc1C=NC1CCCCC1N/C=C/c1ccccc1O. The van der Waals surface area contributed by atoms with E-state index in [1.54, 1.807) is 24.4 Å². The Kier molecular flexibility index (Phi) is 5.73. The first-order valence-corrected chi connectivity index (χ1v) is 8.76. The summed E-state index contributed by atoms with van der Waals surface area (Å²) >= 11 is 0. The highest BCUT2D eigenvalue weighted by molar-refractivity contribution is 5.83. The zero-order chi connectivity index (χ0) is 17.5. The maximum Gasteiger partial charge on any atom is 0.124 e. The van der Waals surface area contributed by atoms with Crippen molar-refractivity contribution in [1.29, 1.82) is 0 Å². The molecule has 0 aromatic heterocycles. The van der Waals surface area contributed by atoms with E-state index in [2.05, 4.69) is 5.32 Å². The van der Waals surface area contributed by atoms with Crippen LogP contribution in [0.2, 0.25) is 0 Å². The van der Waals surface area contributed by atoms with Gasteiger partial charge in [-0.05, 0) is 43.3 Å². The molecule has 2 atom stereocenters. The van der Waals surface area contributed by atoms with Gasteiger partial charge in [0, 0.05) is 23.4 Å². The van der Waals surface area contributed by atoms with E-state index in [0.29, 0.717) is 0 Å². The monoisotopic (exact) mass is 336 g/mol. The fourth-order valence-electron chi connectivity index (χ4n) is 3.15. The molecule has 1 aliphatic rings. The van der Waals surface area contributed by atoms with E-state index in [0.717, 1.165) is 24.0 Å². The molecule has 1 fully saturated rings. The predicted molar refractivity (Wildman–Crippen MR) is 102 cm³/mol. The van der Waals surface area contributed by atoms with Crippen LogP contribution in [0.4, 0.5) is 0 Å². The summed E-state index contributed by atoms with van der Waals surface area (Å²) in [6, 6.07) is 15.0. The highest BCUT2D eigenvalue weighted by Crippen LogP contribution is 2.23. The largest absolute Gasteiger partial charge is 0.507 e. The van der Waals surface area contributed by atoms with Crippen LogP contribution in [-0.4, -0.2) is 28.5 Å². The van der Waals surface area contributed by atoms with Crippen LogP contribution in [0.1, 0.15) is 36.8 Å². The second-order valence-corrected chi connectivity index (χ2v) is 6.35. The third-order valence-corrected chi connectivity index (χ3v) is 4.58. The third-order valence-electron chi connectivity index (χ3n) is 4.58. The number of para-hydroxylation sites is 2. The average molecular weight is 336 g/mol. The van der Waals surface area contributed by atoms with Gasteiger partial charge in [0.1, 0.15) is 11.5 Å². The second kappa shape index (κ2) is 8.38. The van der Waals surface area contributed by atoms with Crippen molar-refractivity contribution < 1.29 is 10.2 Å². The van der Waals surface area contributed by atoms with Crippen molar-refractivity contribution >= 4 is 12.3 Å². The van der Waals surface area contributed by atoms with Gasteiger partial charge in [-0.2, -0.15) is 0 Å². The molecule has 2 aromatic rings. The summed E-state index contributed by atoms with van der Waals surface area (Å²) in [5.74, 6) is 0.532. The zero-order valence-corrected chi connectivity index (χ0v) is 14.2. The maximum atomic E-state index is 9.86. The van der Waals surface area contributed by atoms with Crippen molar-refractivity contribution in [3.63, 3.8) is 0 Å². The summed E-state index contributed by atoms with van der Waals surface area (Å²) < 4.78 is 0. The van der Waals surface area contributed by atoms with Gasteiger partial charge >= 0.3 is 0 Å². The highest BCUT2D eigenvalue weighted by Gasteiger charge is 2.23. The van der Waals surface area contributed by atoms with Gasteiger partial charge in [0.25, 0.3) is 0 Å².